The topological polar surface area (TPSA) is 90.0 Å². The third-order valence-corrected chi connectivity index (χ3v) is 7.29. The summed E-state index contributed by atoms with van der Waals surface area (Å²) in [4.78, 5) is 28.0. The van der Waals surface area contributed by atoms with Crippen LogP contribution in [0.25, 0.3) is 0 Å². The predicted molar refractivity (Wildman–Crippen MR) is 136 cm³/mol. The molecule has 0 spiro atoms. The Hall–Kier alpha value is -2.69. The molecule has 0 saturated carbocycles. The summed E-state index contributed by atoms with van der Waals surface area (Å²) in [6, 6.07) is 10.7. The molecule has 0 heterocycles. The van der Waals surface area contributed by atoms with Gasteiger partial charge in [-0.2, -0.15) is 12.7 Å². The number of benzene rings is 2. The first-order valence-corrected chi connectivity index (χ1v) is 12.9. The summed E-state index contributed by atoms with van der Waals surface area (Å²) >= 11 is 5.99. The summed E-state index contributed by atoms with van der Waals surface area (Å²) in [5, 5.41) is 3.35. The van der Waals surface area contributed by atoms with Crippen molar-refractivity contribution >= 4 is 39.3 Å². The fraction of sp³-hybridized carbons (Fsp3) is 0.417. The second-order valence-corrected chi connectivity index (χ2v) is 11.0. The van der Waals surface area contributed by atoms with E-state index in [0.717, 1.165) is 26.3 Å². The number of hydrogen-bond donors (Lipinski definition) is 1. The van der Waals surface area contributed by atoms with E-state index in [1.54, 1.807) is 31.2 Å². The summed E-state index contributed by atoms with van der Waals surface area (Å²) in [6.07, 6.45) is 0.314. The molecule has 0 aliphatic carbocycles. The van der Waals surface area contributed by atoms with Gasteiger partial charge in [0.05, 0.1) is 5.69 Å². The molecule has 0 aromatic heterocycles. The lowest BCUT2D eigenvalue weighted by atomic mass is 10.1. The Kier molecular flexibility index (Phi) is 10.1. The van der Waals surface area contributed by atoms with Gasteiger partial charge >= 0.3 is 10.2 Å². The molecule has 11 heteroatoms. The van der Waals surface area contributed by atoms with Crippen LogP contribution in [0.3, 0.4) is 0 Å². The van der Waals surface area contributed by atoms with Crippen molar-refractivity contribution < 1.29 is 22.4 Å². The van der Waals surface area contributed by atoms with Crippen LogP contribution in [-0.2, 0) is 26.3 Å². The summed E-state index contributed by atoms with van der Waals surface area (Å²) in [5.41, 5.74) is 0.849. The zero-order valence-electron chi connectivity index (χ0n) is 20.5. The van der Waals surface area contributed by atoms with E-state index in [2.05, 4.69) is 5.32 Å². The van der Waals surface area contributed by atoms with Gasteiger partial charge < -0.3 is 10.2 Å². The lowest BCUT2D eigenvalue weighted by Gasteiger charge is -2.34. The number of nitrogens with one attached hydrogen (secondary N) is 1. The first-order valence-electron chi connectivity index (χ1n) is 11.2. The molecule has 0 unspecified atom stereocenters. The molecular formula is C24H32ClFN4O4S. The smallest absolute Gasteiger partial charge is 0.304 e. The Morgan fingerprint density at radius 1 is 1.03 bits per heavy atom. The minimum Gasteiger partial charge on any atom is -0.352 e. The Morgan fingerprint density at radius 3 is 2.09 bits per heavy atom. The first kappa shape index (κ1) is 28.5. The van der Waals surface area contributed by atoms with Gasteiger partial charge in [-0.25, -0.2) is 8.70 Å². The summed E-state index contributed by atoms with van der Waals surface area (Å²) < 4.78 is 41.5. The maximum Gasteiger partial charge on any atom is 0.304 e. The van der Waals surface area contributed by atoms with Crippen LogP contribution < -0.4 is 9.62 Å². The molecule has 1 N–H and O–H groups in total. The van der Waals surface area contributed by atoms with Crippen LogP contribution in [-0.4, -0.2) is 62.2 Å². The first-order chi connectivity index (χ1) is 16.4. The quantitative estimate of drug-likeness (QED) is 0.486. The van der Waals surface area contributed by atoms with Crippen molar-refractivity contribution in [3.8, 4) is 0 Å². The normalized spacial score (nSPS) is 12.5. The van der Waals surface area contributed by atoms with E-state index < -0.39 is 34.5 Å². The minimum atomic E-state index is -4.10. The number of carbonyl (C=O) groups is 2. The molecule has 192 valence electrons. The third kappa shape index (κ3) is 7.65. The number of rotatable bonds is 11. The molecule has 35 heavy (non-hydrogen) atoms. The molecule has 0 fully saturated rings. The third-order valence-electron chi connectivity index (χ3n) is 5.22. The average molecular weight is 527 g/mol. The number of halogens is 2. The maximum atomic E-state index is 13.6. The highest BCUT2D eigenvalue weighted by Gasteiger charge is 2.33. The van der Waals surface area contributed by atoms with Crippen LogP contribution in [0.15, 0.2) is 48.5 Å². The monoisotopic (exact) mass is 526 g/mol. The number of anilines is 1. The molecule has 2 amide bonds. The van der Waals surface area contributed by atoms with Gasteiger partial charge in [0.2, 0.25) is 11.8 Å². The zero-order valence-corrected chi connectivity index (χ0v) is 22.1. The fourth-order valence-corrected chi connectivity index (χ4v) is 4.59. The van der Waals surface area contributed by atoms with Gasteiger partial charge in [-0.1, -0.05) is 30.7 Å². The number of hydrogen-bond acceptors (Lipinski definition) is 4. The number of nitrogens with zero attached hydrogens (tertiary/aromatic N) is 3. The molecule has 1 atom stereocenters. The van der Waals surface area contributed by atoms with Crippen molar-refractivity contribution in [1.29, 1.82) is 0 Å². The Balaban J connectivity index is 2.48. The Labute approximate surface area is 211 Å². The van der Waals surface area contributed by atoms with Gasteiger partial charge in [0.1, 0.15) is 18.4 Å². The number of amides is 2. The Bertz CT molecular complexity index is 1110. The SMILES string of the molecule is CC[C@@H](C(=O)NC(C)C)N(Cc1ccc(Cl)cc1)C(=O)CN(c1ccc(F)cc1)S(=O)(=O)N(C)C. The van der Waals surface area contributed by atoms with Crippen LogP contribution in [0, 0.1) is 5.82 Å². The second kappa shape index (κ2) is 12.3. The van der Waals surface area contributed by atoms with Gasteiger partial charge in [-0.15, -0.1) is 0 Å². The van der Waals surface area contributed by atoms with E-state index >= 15 is 0 Å². The highest BCUT2D eigenvalue weighted by atomic mass is 35.5. The van der Waals surface area contributed by atoms with E-state index in [0.29, 0.717) is 11.4 Å². The Morgan fingerprint density at radius 2 is 1.60 bits per heavy atom. The lowest BCUT2D eigenvalue weighted by molar-refractivity contribution is -0.140. The zero-order chi connectivity index (χ0) is 26.3. The van der Waals surface area contributed by atoms with Crippen molar-refractivity contribution in [2.45, 2.75) is 45.8 Å². The molecule has 2 aromatic carbocycles. The van der Waals surface area contributed by atoms with Crippen LogP contribution in [0.5, 0.6) is 0 Å². The van der Waals surface area contributed by atoms with Crippen molar-refractivity contribution in [2.24, 2.45) is 0 Å². The van der Waals surface area contributed by atoms with E-state index in [1.165, 1.54) is 31.1 Å². The summed E-state index contributed by atoms with van der Waals surface area (Å²) in [6.45, 7) is 4.90. The van der Waals surface area contributed by atoms with E-state index in [1.807, 2.05) is 13.8 Å². The molecule has 2 aromatic rings. The molecular weight excluding hydrogens is 495 g/mol. The van der Waals surface area contributed by atoms with Crippen molar-refractivity contribution in [3.05, 3.63) is 64.9 Å². The molecule has 0 bridgehead atoms. The van der Waals surface area contributed by atoms with Crippen molar-refractivity contribution in [3.63, 3.8) is 0 Å². The maximum absolute atomic E-state index is 13.6. The molecule has 0 aliphatic heterocycles. The van der Waals surface area contributed by atoms with Crippen LogP contribution in [0.2, 0.25) is 5.02 Å². The van der Waals surface area contributed by atoms with E-state index in [4.69, 9.17) is 11.6 Å². The molecule has 0 saturated heterocycles. The fourth-order valence-electron chi connectivity index (χ4n) is 3.41. The number of carbonyl (C=O) groups excluding carboxylic acids is 2. The van der Waals surface area contributed by atoms with Gasteiger partial charge in [-0.05, 0) is 62.2 Å². The molecule has 2 rings (SSSR count). The highest BCUT2D eigenvalue weighted by Crippen LogP contribution is 2.22. The summed E-state index contributed by atoms with van der Waals surface area (Å²) in [5.74, 6) is -1.46. The van der Waals surface area contributed by atoms with Crippen LogP contribution >= 0.6 is 11.6 Å². The van der Waals surface area contributed by atoms with E-state index in [9.17, 15) is 22.4 Å². The van der Waals surface area contributed by atoms with Gasteiger partial charge in [0.25, 0.3) is 0 Å². The molecule has 8 nitrogen and oxygen atoms in total. The van der Waals surface area contributed by atoms with Crippen molar-refractivity contribution in [1.82, 2.24) is 14.5 Å². The van der Waals surface area contributed by atoms with Gasteiger partial charge in [-0.3, -0.25) is 9.59 Å². The summed E-state index contributed by atoms with van der Waals surface area (Å²) in [7, 11) is -1.42. The standard InChI is InChI=1S/C24H32ClFN4O4S/c1-6-22(24(32)27-17(2)3)29(15-18-7-9-19(25)10-8-18)23(31)16-30(35(33,34)28(4)5)21-13-11-20(26)12-14-21/h7-14,17,22H,6,15-16H2,1-5H3,(H,27,32)/t22-/m0/s1. The second-order valence-electron chi connectivity index (χ2n) is 8.51. The van der Waals surface area contributed by atoms with Gasteiger partial charge in [0.15, 0.2) is 0 Å². The lowest BCUT2D eigenvalue weighted by Crippen LogP contribution is -2.54. The van der Waals surface area contributed by atoms with Crippen molar-refractivity contribution in [2.75, 3.05) is 24.9 Å². The minimum absolute atomic E-state index is 0.0687. The molecule has 0 radical (unpaired) electrons. The van der Waals surface area contributed by atoms with Crippen LogP contribution in [0.1, 0.15) is 32.8 Å². The largest absolute Gasteiger partial charge is 0.352 e. The average Bonchev–Trinajstić information content (AvgIpc) is 2.78. The predicted octanol–water partition coefficient (Wildman–Crippen LogP) is 3.42. The highest BCUT2D eigenvalue weighted by molar-refractivity contribution is 7.90. The van der Waals surface area contributed by atoms with Gasteiger partial charge in [0, 0.05) is 31.7 Å². The van der Waals surface area contributed by atoms with E-state index in [-0.39, 0.29) is 24.2 Å². The molecule has 0 aliphatic rings. The van der Waals surface area contributed by atoms with Crippen LogP contribution in [0.4, 0.5) is 10.1 Å².